The molecule has 0 saturated heterocycles. The monoisotopic (exact) mass is 225 g/mol. The van der Waals surface area contributed by atoms with Gasteiger partial charge in [0.25, 0.3) is 0 Å². The Morgan fingerprint density at radius 1 is 1.56 bits per heavy atom. The van der Waals surface area contributed by atoms with Crippen LogP contribution in [0.3, 0.4) is 0 Å². The fraction of sp³-hybridized carbons (Fsp3) is 0.500. The average molecular weight is 225 g/mol. The van der Waals surface area contributed by atoms with E-state index in [9.17, 15) is 9.59 Å². The lowest BCUT2D eigenvalue weighted by Gasteiger charge is -2.03. The summed E-state index contributed by atoms with van der Waals surface area (Å²) in [6, 6.07) is 1.41. The van der Waals surface area contributed by atoms with Crippen molar-refractivity contribution in [1.82, 2.24) is 15.1 Å². The summed E-state index contributed by atoms with van der Waals surface area (Å²) in [6.45, 7) is 3.04. The molecule has 0 aliphatic rings. The summed E-state index contributed by atoms with van der Waals surface area (Å²) >= 11 is 0. The summed E-state index contributed by atoms with van der Waals surface area (Å²) in [5, 5.41) is 15.2. The third-order valence-electron chi connectivity index (χ3n) is 2.00. The van der Waals surface area contributed by atoms with Crippen LogP contribution in [0.15, 0.2) is 12.3 Å². The fourth-order valence-corrected chi connectivity index (χ4v) is 1.17. The normalized spacial score (nSPS) is 10.1. The highest BCUT2D eigenvalue weighted by atomic mass is 16.4. The van der Waals surface area contributed by atoms with Crippen LogP contribution in [0.4, 0.5) is 0 Å². The van der Waals surface area contributed by atoms with Crippen molar-refractivity contribution in [1.29, 1.82) is 0 Å². The number of hydrogen-bond acceptors (Lipinski definition) is 3. The SMILES string of the molecule is CCCNC(=O)CCn1ccc(C(=O)O)n1. The molecule has 1 rings (SSSR count). The minimum absolute atomic E-state index is 0.00559. The minimum Gasteiger partial charge on any atom is -0.476 e. The van der Waals surface area contributed by atoms with Gasteiger partial charge in [0.05, 0.1) is 0 Å². The molecular formula is C10H15N3O3. The number of nitrogens with zero attached hydrogens (tertiary/aromatic N) is 2. The Morgan fingerprint density at radius 2 is 2.31 bits per heavy atom. The zero-order valence-electron chi connectivity index (χ0n) is 9.14. The molecule has 0 atom stereocenters. The van der Waals surface area contributed by atoms with E-state index < -0.39 is 5.97 Å². The predicted octanol–water partition coefficient (Wildman–Crippen LogP) is 0.498. The first-order valence-corrected chi connectivity index (χ1v) is 5.17. The molecular weight excluding hydrogens is 210 g/mol. The van der Waals surface area contributed by atoms with Gasteiger partial charge in [-0.1, -0.05) is 6.92 Å². The highest BCUT2D eigenvalue weighted by molar-refractivity contribution is 5.85. The van der Waals surface area contributed by atoms with E-state index in [0.717, 1.165) is 6.42 Å². The van der Waals surface area contributed by atoms with Gasteiger partial charge in [-0.05, 0) is 12.5 Å². The van der Waals surface area contributed by atoms with Gasteiger partial charge in [-0.3, -0.25) is 9.48 Å². The van der Waals surface area contributed by atoms with Crippen LogP contribution in [0.25, 0.3) is 0 Å². The topological polar surface area (TPSA) is 84.2 Å². The van der Waals surface area contributed by atoms with Gasteiger partial charge < -0.3 is 10.4 Å². The van der Waals surface area contributed by atoms with E-state index in [2.05, 4.69) is 10.4 Å². The Morgan fingerprint density at radius 3 is 2.88 bits per heavy atom. The maximum Gasteiger partial charge on any atom is 0.356 e. The number of carboxylic acid groups (broad SMARTS) is 1. The van der Waals surface area contributed by atoms with Gasteiger partial charge in [0.1, 0.15) is 0 Å². The summed E-state index contributed by atoms with van der Waals surface area (Å²) in [5.74, 6) is -1.11. The van der Waals surface area contributed by atoms with Crippen LogP contribution in [0.2, 0.25) is 0 Å². The van der Waals surface area contributed by atoms with Gasteiger partial charge in [-0.15, -0.1) is 0 Å². The first-order valence-electron chi connectivity index (χ1n) is 5.17. The molecule has 0 fully saturated rings. The number of amides is 1. The fourth-order valence-electron chi connectivity index (χ4n) is 1.17. The highest BCUT2D eigenvalue weighted by Gasteiger charge is 2.07. The van der Waals surface area contributed by atoms with Gasteiger partial charge in [-0.25, -0.2) is 4.79 Å². The first kappa shape index (κ1) is 12.2. The second-order valence-corrected chi connectivity index (χ2v) is 3.37. The molecule has 6 heteroatoms. The van der Waals surface area contributed by atoms with E-state index in [1.165, 1.54) is 10.7 Å². The maximum absolute atomic E-state index is 11.2. The lowest BCUT2D eigenvalue weighted by molar-refractivity contribution is -0.121. The molecule has 1 heterocycles. The standard InChI is InChI=1S/C10H15N3O3/c1-2-5-11-9(14)4-7-13-6-3-8(12-13)10(15)16/h3,6H,2,4-5,7H2,1H3,(H,11,14)(H,15,16). The van der Waals surface area contributed by atoms with Crippen LogP contribution in [-0.4, -0.2) is 33.3 Å². The number of carbonyl (C=O) groups excluding carboxylic acids is 1. The Balaban J connectivity index is 2.36. The Hall–Kier alpha value is -1.85. The number of carbonyl (C=O) groups is 2. The smallest absolute Gasteiger partial charge is 0.356 e. The minimum atomic E-state index is -1.06. The third-order valence-corrected chi connectivity index (χ3v) is 2.00. The van der Waals surface area contributed by atoms with Gasteiger partial charge in [0, 0.05) is 25.7 Å². The van der Waals surface area contributed by atoms with Crippen molar-refractivity contribution in [3.8, 4) is 0 Å². The summed E-state index contributed by atoms with van der Waals surface area (Å²) in [5.41, 5.74) is -0.00559. The van der Waals surface area contributed by atoms with Crippen molar-refractivity contribution in [3.63, 3.8) is 0 Å². The quantitative estimate of drug-likeness (QED) is 0.738. The van der Waals surface area contributed by atoms with E-state index in [0.29, 0.717) is 19.5 Å². The Labute approximate surface area is 93.3 Å². The van der Waals surface area contributed by atoms with E-state index in [1.54, 1.807) is 6.20 Å². The largest absolute Gasteiger partial charge is 0.476 e. The van der Waals surface area contributed by atoms with Crippen molar-refractivity contribution in [2.45, 2.75) is 26.3 Å². The Kier molecular flexibility index (Phi) is 4.50. The zero-order valence-corrected chi connectivity index (χ0v) is 9.14. The number of aryl methyl sites for hydroxylation is 1. The molecule has 0 aromatic carbocycles. The molecule has 0 spiro atoms. The lowest BCUT2D eigenvalue weighted by Crippen LogP contribution is -2.25. The summed E-state index contributed by atoms with van der Waals surface area (Å²) in [6.07, 6.45) is 2.76. The molecule has 88 valence electrons. The van der Waals surface area contributed by atoms with Crippen molar-refractivity contribution in [2.24, 2.45) is 0 Å². The molecule has 16 heavy (non-hydrogen) atoms. The molecule has 0 radical (unpaired) electrons. The summed E-state index contributed by atoms with van der Waals surface area (Å²) in [4.78, 5) is 21.8. The van der Waals surface area contributed by atoms with Crippen LogP contribution >= 0.6 is 0 Å². The van der Waals surface area contributed by atoms with Crippen LogP contribution < -0.4 is 5.32 Å². The molecule has 0 unspecified atom stereocenters. The molecule has 6 nitrogen and oxygen atoms in total. The molecule has 0 bridgehead atoms. The molecule has 1 aromatic heterocycles. The van der Waals surface area contributed by atoms with E-state index in [-0.39, 0.29) is 11.6 Å². The number of carboxylic acids is 1. The lowest BCUT2D eigenvalue weighted by atomic mass is 10.4. The molecule has 0 aliphatic carbocycles. The second kappa shape index (κ2) is 5.89. The number of nitrogens with one attached hydrogen (secondary N) is 1. The predicted molar refractivity (Wildman–Crippen MR) is 57.1 cm³/mol. The molecule has 1 aromatic rings. The van der Waals surface area contributed by atoms with Gasteiger partial charge in [-0.2, -0.15) is 5.10 Å². The van der Waals surface area contributed by atoms with Gasteiger partial charge >= 0.3 is 5.97 Å². The first-order chi connectivity index (χ1) is 7.63. The number of aromatic carboxylic acids is 1. The van der Waals surface area contributed by atoms with E-state index >= 15 is 0 Å². The van der Waals surface area contributed by atoms with E-state index in [4.69, 9.17) is 5.11 Å². The number of hydrogen-bond donors (Lipinski definition) is 2. The summed E-state index contributed by atoms with van der Waals surface area (Å²) in [7, 11) is 0. The Bertz CT molecular complexity index is 373. The number of rotatable bonds is 6. The van der Waals surface area contributed by atoms with Gasteiger partial charge in [0.15, 0.2) is 5.69 Å². The van der Waals surface area contributed by atoms with Crippen molar-refractivity contribution < 1.29 is 14.7 Å². The van der Waals surface area contributed by atoms with Crippen LogP contribution in [0.1, 0.15) is 30.3 Å². The van der Waals surface area contributed by atoms with Crippen molar-refractivity contribution in [2.75, 3.05) is 6.54 Å². The number of aromatic nitrogens is 2. The molecule has 0 saturated carbocycles. The van der Waals surface area contributed by atoms with Crippen LogP contribution in [0.5, 0.6) is 0 Å². The highest BCUT2D eigenvalue weighted by Crippen LogP contribution is 1.96. The molecule has 1 amide bonds. The molecule has 2 N–H and O–H groups in total. The second-order valence-electron chi connectivity index (χ2n) is 3.37. The maximum atomic E-state index is 11.2. The van der Waals surface area contributed by atoms with Crippen LogP contribution in [0, 0.1) is 0 Å². The van der Waals surface area contributed by atoms with Gasteiger partial charge in [0.2, 0.25) is 5.91 Å². The van der Waals surface area contributed by atoms with Crippen molar-refractivity contribution in [3.05, 3.63) is 18.0 Å². The third kappa shape index (κ3) is 3.72. The van der Waals surface area contributed by atoms with Crippen molar-refractivity contribution >= 4 is 11.9 Å². The molecule has 0 aliphatic heterocycles. The zero-order chi connectivity index (χ0) is 12.0. The summed E-state index contributed by atoms with van der Waals surface area (Å²) < 4.78 is 1.45. The van der Waals surface area contributed by atoms with E-state index in [1.807, 2.05) is 6.92 Å². The van der Waals surface area contributed by atoms with Crippen LogP contribution in [-0.2, 0) is 11.3 Å². The average Bonchev–Trinajstić information content (AvgIpc) is 2.72.